The van der Waals surface area contributed by atoms with Crippen LogP contribution in [0.25, 0.3) is 0 Å². The van der Waals surface area contributed by atoms with Gasteiger partial charge in [0.2, 0.25) is 11.7 Å². The molecule has 3 N–H and O–H groups in total. The molecule has 0 aliphatic carbocycles. The minimum Gasteiger partial charge on any atom is -0.453 e. The number of rotatable bonds is 14. The fourth-order valence-electron chi connectivity index (χ4n) is 11.1. The molecular formula is C47H75NO11. The summed E-state index contributed by atoms with van der Waals surface area (Å²) in [4.78, 5) is 40.1. The maximum Gasteiger partial charge on any atom is 0.303 e. The third kappa shape index (κ3) is 9.52. The highest BCUT2D eigenvalue weighted by molar-refractivity contribution is 5.84. The third-order valence-electron chi connectivity index (χ3n) is 15.1. The molecule has 0 saturated carbocycles. The topological polar surface area (TPSA) is 159 Å². The minimum atomic E-state index is -1.38. The van der Waals surface area contributed by atoms with Gasteiger partial charge >= 0.3 is 5.97 Å². The summed E-state index contributed by atoms with van der Waals surface area (Å²) < 4.78 is 40.1. The Bertz CT molecular complexity index is 1560. The minimum absolute atomic E-state index is 0.0105. The predicted octanol–water partition coefficient (Wildman–Crippen LogP) is 6.42. The van der Waals surface area contributed by atoms with Crippen LogP contribution in [0.1, 0.15) is 140 Å². The Kier molecular flexibility index (Phi) is 15.3. The van der Waals surface area contributed by atoms with Crippen molar-refractivity contribution in [3.05, 3.63) is 12.2 Å². The molecule has 4 fully saturated rings. The smallest absolute Gasteiger partial charge is 0.303 e. The molecule has 0 aromatic carbocycles. The normalized spacial score (nSPS) is 42.3. The summed E-state index contributed by atoms with van der Waals surface area (Å²) in [6.45, 7) is 21.3. The van der Waals surface area contributed by atoms with Crippen molar-refractivity contribution < 1.29 is 53.0 Å². The van der Waals surface area contributed by atoms with E-state index in [1.165, 1.54) is 6.92 Å². The second-order valence-electron chi connectivity index (χ2n) is 19.1. The Balaban J connectivity index is 1.34. The SMILES string of the molecule is C#CCNC(=O)[C@H](CC)C1CC[C@H](C)[C@H]([C@@H](C)[C@H](O)[C@H](C)C(=O)[C@H](CC)C2O[C@]3(C=C[C@H](OC(C)=O)[C@]4(CC[C@@](C)([C@H]5CC[C@](O)(CC)[C@H](C)O5)O4)O3)[C@H](C)C[C@@H]2C)O1. The highest BCUT2D eigenvalue weighted by Crippen LogP contribution is 2.54. The largest absolute Gasteiger partial charge is 0.453 e. The summed E-state index contributed by atoms with van der Waals surface area (Å²) in [6.07, 6.45) is 11.4. The molecule has 4 saturated heterocycles. The zero-order valence-electron chi connectivity index (χ0n) is 37.7. The molecular weight excluding hydrogens is 755 g/mol. The highest BCUT2D eigenvalue weighted by Gasteiger charge is 2.64. The Morgan fingerprint density at radius 3 is 2.25 bits per heavy atom. The number of ether oxygens (including phenoxy) is 6. The van der Waals surface area contributed by atoms with Crippen molar-refractivity contribution in [1.82, 2.24) is 5.32 Å². The van der Waals surface area contributed by atoms with Crippen molar-refractivity contribution in [3.8, 4) is 12.3 Å². The number of aliphatic hydroxyl groups excluding tert-OH is 1. The van der Waals surface area contributed by atoms with Gasteiger partial charge in [-0.3, -0.25) is 14.4 Å². The Morgan fingerprint density at radius 2 is 1.64 bits per heavy atom. The number of nitrogens with one attached hydrogen (secondary N) is 1. The summed E-state index contributed by atoms with van der Waals surface area (Å²) >= 11 is 0. The van der Waals surface area contributed by atoms with Crippen LogP contribution in [0, 0.1) is 53.8 Å². The number of terminal acetylenes is 1. The number of amides is 1. The molecule has 12 heteroatoms. The molecule has 5 aliphatic heterocycles. The lowest BCUT2D eigenvalue weighted by Crippen LogP contribution is -2.63. The molecule has 1 amide bonds. The zero-order valence-corrected chi connectivity index (χ0v) is 37.7. The first-order chi connectivity index (χ1) is 27.7. The maximum atomic E-state index is 14.6. The first-order valence-corrected chi connectivity index (χ1v) is 22.6. The van der Waals surface area contributed by atoms with Crippen molar-refractivity contribution in [2.75, 3.05) is 6.54 Å². The summed E-state index contributed by atoms with van der Waals surface area (Å²) in [5, 5.41) is 25.8. The Hall–Kier alpha value is -2.37. The van der Waals surface area contributed by atoms with Gasteiger partial charge in [0.05, 0.1) is 60.3 Å². The van der Waals surface area contributed by atoms with Crippen LogP contribution in [0.5, 0.6) is 0 Å². The molecule has 0 bridgehead atoms. The van der Waals surface area contributed by atoms with E-state index >= 15 is 0 Å². The molecule has 0 radical (unpaired) electrons. The number of aliphatic hydroxyl groups is 2. The van der Waals surface area contributed by atoms with E-state index in [1.54, 1.807) is 6.92 Å². The maximum absolute atomic E-state index is 14.6. The summed E-state index contributed by atoms with van der Waals surface area (Å²) in [7, 11) is 0. The summed E-state index contributed by atoms with van der Waals surface area (Å²) in [6, 6.07) is 0. The van der Waals surface area contributed by atoms with E-state index in [0.717, 1.165) is 12.8 Å². The third-order valence-corrected chi connectivity index (χ3v) is 15.1. The van der Waals surface area contributed by atoms with Gasteiger partial charge in [0.1, 0.15) is 5.78 Å². The molecule has 334 valence electrons. The van der Waals surface area contributed by atoms with Gasteiger partial charge in [-0.15, -0.1) is 6.42 Å². The monoisotopic (exact) mass is 830 g/mol. The molecule has 59 heavy (non-hydrogen) atoms. The molecule has 18 atom stereocenters. The van der Waals surface area contributed by atoms with Gasteiger partial charge in [0.25, 0.3) is 0 Å². The molecule has 5 rings (SSSR count). The lowest BCUT2D eigenvalue weighted by atomic mass is 9.72. The van der Waals surface area contributed by atoms with Crippen LogP contribution < -0.4 is 5.32 Å². The molecule has 5 heterocycles. The number of carbonyl (C=O) groups excluding carboxylic acids is 3. The van der Waals surface area contributed by atoms with Crippen LogP contribution in [0.3, 0.4) is 0 Å². The Morgan fingerprint density at radius 1 is 0.949 bits per heavy atom. The summed E-state index contributed by atoms with van der Waals surface area (Å²) in [5.41, 5.74) is -1.70. The molecule has 5 aliphatic rings. The van der Waals surface area contributed by atoms with Crippen LogP contribution in [-0.4, -0.2) is 99.9 Å². The van der Waals surface area contributed by atoms with E-state index in [-0.39, 0.29) is 72.2 Å². The van der Waals surface area contributed by atoms with Gasteiger partial charge in [-0.2, -0.15) is 0 Å². The van der Waals surface area contributed by atoms with Gasteiger partial charge in [-0.25, -0.2) is 0 Å². The van der Waals surface area contributed by atoms with E-state index in [9.17, 15) is 24.6 Å². The molecule has 2 spiro atoms. The van der Waals surface area contributed by atoms with Gasteiger partial charge < -0.3 is 44.0 Å². The standard InChI is InChI=1S/C47H75NO11/c1-13-25-48-43(52)34(14-2)36-18-17-27(5)41(56-36)31(9)39(50)30(8)40(51)35(15-3)42-28(6)26-29(7)46(57-42)22-20-38(55-33(11)49)47(59-46)24-23-44(12,58-47)37-19-21-45(53,16-4)32(10)54-37/h1,20,22,27-32,34-39,41-42,50,53H,14-19,21,23-26H2,2-12H3,(H,48,52)/t27-,28-,29+,30-,31-,32-,34+,35-,36?,37+,38-,39+,41+,42?,44-,45+,46-,47-/m0/s1. The van der Waals surface area contributed by atoms with Crippen molar-refractivity contribution in [3.63, 3.8) is 0 Å². The highest BCUT2D eigenvalue weighted by atomic mass is 16.8. The first kappa shape index (κ1) is 47.7. The lowest BCUT2D eigenvalue weighted by Gasteiger charge is -2.54. The molecule has 0 aromatic heterocycles. The number of esters is 1. The van der Waals surface area contributed by atoms with Gasteiger partial charge in [0.15, 0.2) is 11.9 Å². The quantitative estimate of drug-likeness (QED) is 0.101. The van der Waals surface area contributed by atoms with Gasteiger partial charge in [-0.05, 0) is 95.6 Å². The second kappa shape index (κ2) is 18.9. The van der Waals surface area contributed by atoms with E-state index in [2.05, 4.69) is 32.0 Å². The average molecular weight is 830 g/mol. The fourth-order valence-corrected chi connectivity index (χ4v) is 11.1. The molecule has 12 nitrogen and oxygen atoms in total. The number of carbonyl (C=O) groups is 3. The van der Waals surface area contributed by atoms with Crippen LogP contribution in [0.2, 0.25) is 0 Å². The van der Waals surface area contributed by atoms with E-state index in [4.69, 9.17) is 34.8 Å². The number of ketones is 1. The van der Waals surface area contributed by atoms with Crippen molar-refractivity contribution in [1.29, 1.82) is 0 Å². The first-order valence-electron chi connectivity index (χ1n) is 22.6. The number of hydrogen-bond donors (Lipinski definition) is 3. The van der Waals surface area contributed by atoms with Gasteiger partial charge in [0, 0.05) is 37.0 Å². The van der Waals surface area contributed by atoms with E-state index in [1.807, 2.05) is 53.7 Å². The van der Waals surface area contributed by atoms with Crippen LogP contribution in [0.15, 0.2) is 12.2 Å². The second-order valence-corrected chi connectivity index (χ2v) is 19.1. The molecule has 2 unspecified atom stereocenters. The fraction of sp³-hybridized carbons (Fsp3) is 0.851. The zero-order chi connectivity index (χ0) is 43.7. The van der Waals surface area contributed by atoms with Crippen molar-refractivity contribution >= 4 is 17.7 Å². The van der Waals surface area contributed by atoms with Crippen LogP contribution in [-0.2, 0) is 42.8 Å². The van der Waals surface area contributed by atoms with Crippen molar-refractivity contribution in [2.45, 2.75) is 206 Å². The van der Waals surface area contributed by atoms with Crippen LogP contribution in [0.4, 0.5) is 0 Å². The van der Waals surface area contributed by atoms with E-state index < -0.39 is 58.9 Å². The molecule has 0 aromatic rings. The number of Topliss-reactive ketones (excluding diaryl/α,β-unsaturated/α-hetero) is 1. The van der Waals surface area contributed by atoms with Crippen LogP contribution >= 0.6 is 0 Å². The summed E-state index contributed by atoms with van der Waals surface area (Å²) in [5.74, 6) is -2.91. The van der Waals surface area contributed by atoms with E-state index in [0.29, 0.717) is 51.4 Å². The van der Waals surface area contributed by atoms with Gasteiger partial charge in [-0.1, -0.05) is 61.3 Å². The number of hydrogen-bond acceptors (Lipinski definition) is 11. The predicted molar refractivity (Wildman–Crippen MR) is 222 cm³/mol. The lowest BCUT2D eigenvalue weighted by molar-refractivity contribution is -0.409. The van der Waals surface area contributed by atoms with Crippen molar-refractivity contribution in [2.24, 2.45) is 41.4 Å². The Labute approximate surface area is 353 Å². The average Bonchev–Trinajstić information content (AvgIpc) is 3.54.